The minimum absolute atomic E-state index is 0.108. The number of ether oxygens (including phenoxy) is 1. The first-order valence-electron chi connectivity index (χ1n) is 11.7. The lowest BCUT2D eigenvalue weighted by Crippen LogP contribution is -2.61. The first-order valence-corrected chi connectivity index (χ1v) is 11.7. The van der Waals surface area contributed by atoms with Crippen LogP contribution in [0.15, 0.2) is 30.3 Å². The van der Waals surface area contributed by atoms with Crippen molar-refractivity contribution in [3.63, 3.8) is 0 Å². The lowest BCUT2D eigenvalue weighted by Gasteiger charge is -2.58. The van der Waals surface area contributed by atoms with Crippen molar-refractivity contribution >= 4 is 11.7 Å². The number of nitrogens with zero attached hydrogens (tertiary/aromatic N) is 1. The van der Waals surface area contributed by atoms with Crippen molar-refractivity contribution in [1.82, 2.24) is 9.88 Å². The number of methoxy groups -OCH3 is 1. The van der Waals surface area contributed by atoms with Crippen molar-refractivity contribution in [2.45, 2.75) is 57.1 Å². The fraction of sp³-hybridized carbons (Fsp3) is 0.538. The van der Waals surface area contributed by atoms with E-state index in [0.717, 1.165) is 37.7 Å². The summed E-state index contributed by atoms with van der Waals surface area (Å²) in [5, 5.41) is 14.2. The van der Waals surface area contributed by atoms with Crippen LogP contribution in [0, 0.1) is 17.8 Å². The van der Waals surface area contributed by atoms with Crippen LogP contribution in [0.5, 0.6) is 5.75 Å². The Morgan fingerprint density at radius 2 is 1.91 bits per heavy atom. The van der Waals surface area contributed by atoms with E-state index in [1.54, 1.807) is 43.0 Å². The number of aromatic nitrogens is 1. The molecule has 0 spiro atoms. The van der Waals surface area contributed by atoms with Crippen LogP contribution in [-0.2, 0) is 13.5 Å². The lowest BCUT2D eigenvalue weighted by molar-refractivity contribution is -0.137. The Labute approximate surface area is 189 Å². The number of hydrogen-bond donors (Lipinski definition) is 2. The van der Waals surface area contributed by atoms with Gasteiger partial charge in [0.1, 0.15) is 11.4 Å². The van der Waals surface area contributed by atoms with E-state index in [-0.39, 0.29) is 17.7 Å². The number of carbonyl (C=O) groups is 2. The third-order valence-corrected chi connectivity index (χ3v) is 8.01. The van der Waals surface area contributed by atoms with E-state index < -0.39 is 5.60 Å². The van der Waals surface area contributed by atoms with Gasteiger partial charge in [-0.05, 0) is 80.0 Å². The van der Waals surface area contributed by atoms with Gasteiger partial charge in [0, 0.05) is 18.7 Å². The Balaban J connectivity index is 1.41. The molecule has 2 aromatic rings. The highest BCUT2D eigenvalue weighted by Crippen LogP contribution is 2.55. The van der Waals surface area contributed by atoms with Gasteiger partial charge < -0.3 is 19.7 Å². The molecule has 2 unspecified atom stereocenters. The summed E-state index contributed by atoms with van der Waals surface area (Å²) >= 11 is 0. The molecular weight excluding hydrogens is 404 g/mol. The first-order chi connectivity index (χ1) is 15.3. The van der Waals surface area contributed by atoms with Crippen molar-refractivity contribution in [2.24, 2.45) is 24.8 Å². The molecule has 6 rings (SSSR count). The number of carbonyl (C=O) groups excluding carboxylic acids is 2. The fourth-order valence-corrected chi connectivity index (χ4v) is 6.80. The fourth-order valence-electron chi connectivity index (χ4n) is 6.80. The van der Waals surface area contributed by atoms with E-state index in [1.807, 2.05) is 13.0 Å². The number of hydrogen-bond acceptors (Lipinski definition) is 4. The summed E-state index contributed by atoms with van der Waals surface area (Å²) < 4.78 is 6.99. The van der Waals surface area contributed by atoms with E-state index in [2.05, 4.69) is 5.32 Å². The minimum atomic E-state index is -0.520. The standard InChI is InChI=1S/C26H32N2O4/c1-4-16-11-21(24(29)17-6-5-7-20(10-17)32-3)28(2)23(16)25(30)27-22-18-8-15-9-19(22)14-26(31,12-15)13-18/h5-7,10-11,15,18-19,22,31H,4,8-9,12-14H2,1-3H3,(H,27,30). The lowest BCUT2D eigenvalue weighted by atomic mass is 9.52. The molecule has 0 saturated heterocycles. The quantitative estimate of drug-likeness (QED) is 0.680. The molecule has 4 bridgehead atoms. The summed E-state index contributed by atoms with van der Waals surface area (Å²) in [7, 11) is 3.37. The van der Waals surface area contributed by atoms with Gasteiger partial charge in [0.15, 0.2) is 0 Å². The van der Waals surface area contributed by atoms with Gasteiger partial charge in [0.05, 0.1) is 18.4 Å². The molecule has 4 saturated carbocycles. The molecule has 0 aliphatic heterocycles. The Bertz CT molecular complexity index is 1060. The maximum Gasteiger partial charge on any atom is 0.268 e. The number of rotatable bonds is 6. The normalized spacial score (nSPS) is 30.4. The maximum absolute atomic E-state index is 13.5. The van der Waals surface area contributed by atoms with Crippen LogP contribution in [0.1, 0.15) is 71.1 Å². The highest BCUT2D eigenvalue weighted by Gasteiger charge is 2.55. The number of aliphatic hydroxyl groups is 1. The SMILES string of the molecule is CCc1cc(C(=O)c2cccc(OC)c2)n(C)c1C(=O)NC1C2CC3CC1CC(O)(C3)C2. The average molecular weight is 437 g/mol. The van der Waals surface area contributed by atoms with Crippen LogP contribution >= 0.6 is 0 Å². The Morgan fingerprint density at radius 1 is 1.19 bits per heavy atom. The van der Waals surface area contributed by atoms with E-state index in [0.29, 0.717) is 46.9 Å². The third-order valence-electron chi connectivity index (χ3n) is 8.01. The van der Waals surface area contributed by atoms with Gasteiger partial charge in [-0.3, -0.25) is 9.59 Å². The molecule has 1 amide bonds. The molecule has 2 N–H and O–H groups in total. The molecule has 6 heteroatoms. The maximum atomic E-state index is 13.5. The predicted molar refractivity (Wildman–Crippen MR) is 121 cm³/mol. The van der Waals surface area contributed by atoms with Crippen LogP contribution in [0.2, 0.25) is 0 Å². The number of amides is 1. The summed E-state index contributed by atoms with van der Waals surface area (Å²) in [4.78, 5) is 26.7. The Morgan fingerprint density at radius 3 is 2.53 bits per heavy atom. The van der Waals surface area contributed by atoms with Crippen LogP contribution in [0.3, 0.4) is 0 Å². The largest absolute Gasteiger partial charge is 0.497 e. The first kappa shape index (κ1) is 21.3. The average Bonchev–Trinajstić information content (AvgIpc) is 3.10. The molecule has 170 valence electrons. The van der Waals surface area contributed by atoms with Gasteiger partial charge in [0.25, 0.3) is 5.91 Å². The molecule has 32 heavy (non-hydrogen) atoms. The highest BCUT2D eigenvalue weighted by atomic mass is 16.5. The van der Waals surface area contributed by atoms with Gasteiger partial charge in [-0.15, -0.1) is 0 Å². The second kappa shape index (κ2) is 7.77. The van der Waals surface area contributed by atoms with Gasteiger partial charge in [-0.1, -0.05) is 19.1 Å². The van der Waals surface area contributed by atoms with Gasteiger partial charge in [-0.25, -0.2) is 0 Å². The molecule has 1 aromatic heterocycles. The number of nitrogens with one attached hydrogen (secondary N) is 1. The van der Waals surface area contributed by atoms with E-state index >= 15 is 0 Å². The second-order valence-electron chi connectivity index (χ2n) is 10.1. The van der Waals surface area contributed by atoms with Crippen LogP contribution in [-0.4, -0.2) is 40.1 Å². The summed E-state index contributed by atoms with van der Waals surface area (Å²) in [6.07, 6.45) is 5.36. The molecule has 4 aliphatic carbocycles. The topological polar surface area (TPSA) is 80.6 Å². The zero-order valence-electron chi connectivity index (χ0n) is 19.1. The van der Waals surface area contributed by atoms with Crippen LogP contribution in [0.4, 0.5) is 0 Å². The zero-order chi connectivity index (χ0) is 22.6. The third kappa shape index (κ3) is 3.45. The number of aryl methyl sites for hydroxylation is 1. The van der Waals surface area contributed by atoms with Crippen molar-refractivity contribution in [2.75, 3.05) is 7.11 Å². The molecule has 2 atom stereocenters. The van der Waals surface area contributed by atoms with E-state index in [1.165, 1.54) is 0 Å². The molecule has 1 aromatic carbocycles. The summed E-state index contributed by atoms with van der Waals surface area (Å²) in [5.41, 5.74) is 1.95. The molecule has 0 radical (unpaired) electrons. The molecule has 4 aliphatic rings. The Kier molecular flexibility index (Phi) is 5.16. The number of benzene rings is 1. The van der Waals surface area contributed by atoms with Crippen LogP contribution in [0.25, 0.3) is 0 Å². The molecule has 4 fully saturated rings. The monoisotopic (exact) mass is 436 g/mol. The van der Waals surface area contributed by atoms with Gasteiger partial charge >= 0.3 is 0 Å². The smallest absolute Gasteiger partial charge is 0.268 e. The van der Waals surface area contributed by atoms with Crippen molar-refractivity contribution in [3.8, 4) is 5.75 Å². The zero-order valence-corrected chi connectivity index (χ0v) is 19.1. The van der Waals surface area contributed by atoms with Crippen molar-refractivity contribution < 1.29 is 19.4 Å². The van der Waals surface area contributed by atoms with Gasteiger partial charge in [-0.2, -0.15) is 0 Å². The summed E-state index contributed by atoms with van der Waals surface area (Å²) in [6.45, 7) is 2.00. The molecule has 1 heterocycles. The highest BCUT2D eigenvalue weighted by molar-refractivity contribution is 6.09. The summed E-state index contributed by atoms with van der Waals surface area (Å²) in [5.74, 6) is 1.67. The summed E-state index contributed by atoms with van der Waals surface area (Å²) in [6, 6.07) is 9.04. The van der Waals surface area contributed by atoms with Crippen molar-refractivity contribution in [3.05, 3.63) is 52.8 Å². The second-order valence-corrected chi connectivity index (χ2v) is 10.1. The van der Waals surface area contributed by atoms with E-state index in [9.17, 15) is 14.7 Å². The minimum Gasteiger partial charge on any atom is -0.497 e. The van der Waals surface area contributed by atoms with Crippen molar-refractivity contribution in [1.29, 1.82) is 0 Å². The predicted octanol–water partition coefficient (Wildman–Crippen LogP) is 3.50. The molecule has 6 nitrogen and oxygen atoms in total. The Hall–Kier alpha value is -2.60. The molecular formula is C26H32N2O4. The number of ketones is 1. The van der Waals surface area contributed by atoms with E-state index in [4.69, 9.17) is 4.74 Å². The van der Waals surface area contributed by atoms with Crippen LogP contribution < -0.4 is 10.1 Å². The van der Waals surface area contributed by atoms with Gasteiger partial charge in [0.2, 0.25) is 5.78 Å².